The maximum atomic E-state index is 12.7. The van der Waals surface area contributed by atoms with E-state index in [2.05, 4.69) is 0 Å². The van der Waals surface area contributed by atoms with Crippen LogP contribution in [0, 0.1) is 5.92 Å². The molecule has 1 atom stereocenters. The van der Waals surface area contributed by atoms with Gasteiger partial charge in [0.15, 0.2) is 0 Å². The van der Waals surface area contributed by atoms with Crippen molar-refractivity contribution >= 4 is 5.97 Å². The van der Waals surface area contributed by atoms with E-state index in [9.17, 15) is 18.0 Å². The topological polar surface area (TPSA) is 29.5 Å². The summed E-state index contributed by atoms with van der Waals surface area (Å²) in [6.07, 6.45) is -2.70. The van der Waals surface area contributed by atoms with E-state index in [1.807, 2.05) is 4.90 Å². The first kappa shape index (κ1) is 16.8. The summed E-state index contributed by atoms with van der Waals surface area (Å²) in [7, 11) is 0. The van der Waals surface area contributed by atoms with E-state index in [1.54, 1.807) is 13.0 Å². The lowest BCUT2D eigenvalue weighted by atomic mass is 9.97. The van der Waals surface area contributed by atoms with Crippen LogP contribution in [0.2, 0.25) is 0 Å². The summed E-state index contributed by atoms with van der Waals surface area (Å²) in [5, 5.41) is 0. The molecule has 3 nitrogen and oxygen atoms in total. The van der Waals surface area contributed by atoms with E-state index < -0.39 is 11.7 Å². The Morgan fingerprint density at radius 2 is 2.18 bits per heavy atom. The molecule has 122 valence electrons. The number of rotatable bonds is 4. The number of carbonyl (C=O) groups excluding carboxylic acids is 1. The summed E-state index contributed by atoms with van der Waals surface area (Å²) in [6.45, 7) is 3.85. The van der Waals surface area contributed by atoms with Gasteiger partial charge in [-0.2, -0.15) is 13.2 Å². The Balaban J connectivity index is 2.00. The average Bonchev–Trinajstić information content (AvgIpc) is 2.47. The number of piperidine rings is 1. The van der Waals surface area contributed by atoms with Crippen LogP contribution in [0.4, 0.5) is 13.2 Å². The highest BCUT2D eigenvalue weighted by Gasteiger charge is 2.31. The third-order valence-corrected chi connectivity index (χ3v) is 3.79. The third kappa shape index (κ3) is 4.47. The van der Waals surface area contributed by atoms with Crippen LogP contribution >= 0.6 is 0 Å². The Morgan fingerprint density at radius 3 is 2.86 bits per heavy atom. The maximum Gasteiger partial charge on any atom is 0.416 e. The standard InChI is InChI=1S/C16H20F3NO2/c1-2-22-15(21)13-6-4-8-20(11-13)10-12-5-3-7-14(9-12)16(17,18)19/h3,5,7,9,13H,2,4,6,8,10-11H2,1H3/t13-/m1/s1. The molecule has 1 aliphatic rings. The first-order chi connectivity index (χ1) is 10.4. The van der Waals surface area contributed by atoms with E-state index in [4.69, 9.17) is 4.74 Å². The van der Waals surface area contributed by atoms with Crippen molar-refractivity contribution in [3.05, 3.63) is 35.4 Å². The minimum absolute atomic E-state index is 0.181. The van der Waals surface area contributed by atoms with Gasteiger partial charge in [0, 0.05) is 13.1 Å². The summed E-state index contributed by atoms with van der Waals surface area (Å²) >= 11 is 0. The molecule has 0 amide bonds. The molecule has 6 heteroatoms. The summed E-state index contributed by atoms with van der Waals surface area (Å²) < 4.78 is 43.2. The Hall–Kier alpha value is -1.56. The minimum Gasteiger partial charge on any atom is -0.466 e. The van der Waals surface area contributed by atoms with Crippen molar-refractivity contribution in [3.8, 4) is 0 Å². The van der Waals surface area contributed by atoms with Gasteiger partial charge in [0.2, 0.25) is 0 Å². The van der Waals surface area contributed by atoms with Crippen molar-refractivity contribution in [1.82, 2.24) is 4.90 Å². The molecular weight excluding hydrogens is 295 g/mol. The van der Waals surface area contributed by atoms with Crippen molar-refractivity contribution < 1.29 is 22.7 Å². The van der Waals surface area contributed by atoms with Gasteiger partial charge in [0.05, 0.1) is 18.1 Å². The zero-order valence-electron chi connectivity index (χ0n) is 12.5. The van der Waals surface area contributed by atoms with E-state index >= 15 is 0 Å². The number of halogens is 3. The largest absolute Gasteiger partial charge is 0.466 e. The van der Waals surface area contributed by atoms with Gasteiger partial charge >= 0.3 is 12.1 Å². The van der Waals surface area contributed by atoms with Crippen molar-refractivity contribution in [2.45, 2.75) is 32.5 Å². The molecule has 1 aliphatic heterocycles. The SMILES string of the molecule is CCOC(=O)[C@@H]1CCCN(Cc2cccc(C(F)(F)F)c2)C1. The van der Waals surface area contributed by atoms with E-state index in [0.29, 0.717) is 25.3 Å². The van der Waals surface area contributed by atoms with Gasteiger partial charge in [-0.15, -0.1) is 0 Å². The second-order valence-electron chi connectivity index (χ2n) is 5.52. The molecule has 1 aromatic rings. The second-order valence-corrected chi connectivity index (χ2v) is 5.52. The number of esters is 1. The van der Waals surface area contributed by atoms with Crippen LogP contribution in [0.15, 0.2) is 24.3 Å². The predicted octanol–water partition coefficient (Wildman–Crippen LogP) is 3.48. The van der Waals surface area contributed by atoms with Gasteiger partial charge < -0.3 is 4.74 Å². The molecule has 1 fully saturated rings. The fourth-order valence-corrected chi connectivity index (χ4v) is 2.76. The second kappa shape index (κ2) is 7.13. The minimum atomic E-state index is -4.33. The number of nitrogens with zero attached hydrogens (tertiary/aromatic N) is 1. The maximum absolute atomic E-state index is 12.7. The summed E-state index contributed by atoms with van der Waals surface area (Å²) in [5.74, 6) is -0.393. The molecule has 0 bridgehead atoms. The Morgan fingerprint density at radius 1 is 1.41 bits per heavy atom. The van der Waals surface area contributed by atoms with Gasteiger partial charge in [-0.05, 0) is 37.9 Å². The molecule has 0 aromatic heterocycles. The van der Waals surface area contributed by atoms with Crippen molar-refractivity contribution in [1.29, 1.82) is 0 Å². The molecule has 0 spiro atoms. The monoisotopic (exact) mass is 315 g/mol. The van der Waals surface area contributed by atoms with Crippen molar-refractivity contribution in [2.75, 3.05) is 19.7 Å². The van der Waals surface area contributed by atoms with Gasteiger partial charge in [-0.1, -0.05) is 18.2 Å². The van der Waals surface area contributed by atoms with Gasteiger partial charge in [-0.25, -0.2) is 0 Å². The molecule has 0 N–H and O–H groups in total. The summed E-state index contributed by atoms with van der Waals surface area (Å²) in [5.41, 5.74) is -0.0247. The summed E-state index contributed by atoms with van der Waals surface area (Å²) in [6, 6.07) is 5.35. The lowest BCUT2D eigenvalue weighted by molar-refractivity contribution is -0.150. The van der Waals surface area contributed by atoms with E-state index in [0.717, 1.165) is 25.5 Å². The average molecular weight is 315 g/mol. The van der Waals surface area contributed by atoms with Crippen molar-refractivity contribution in [3.63, 3.8) is 0 Å². The van der Waals surface area contributed by atoms with Crippen LogP contribution in [0.25, 0.3) is 0 Å². The molecule has 2 rings (SSSR count). The predicted molar refractivity (Wildman–Crippen MR) is 76.1 cm³/mol. The molecule has 1 aromatic carbocycles. The first-order valence-electron chi connectivity index (χ1n) is 7.45. The molecular formula is C16H20F3NO2. The zero-order chi connectivity index (χ0) is 16.2. The van der Waals surface area contributed by atoms with Crippen LogP contribution in [0.1, 0.15) is 30.9 Å². The highest BCUT2D eigenvalue weighted by molar-refractivity contribution is 5.72. The van der Waals surface area contributed by atoms with Crippen LogP contribution < -0.4 is 0 Å². The number of alkyl halides is 3. The normalized spacial score (nSPS) is 19.9. The number of benzene rings is 1. The smallest absolute Gasteiger partial charge is 0.416 e. The zero-order valence-corrected chi connectivity index (χ0v) is 12.5. The molecule has 0 saturated carbocycles. The number of likely N-dealkylation sites (tertiary alicyclic amines) is 1. The lowest BCUT2D eigenvalue weighted by Gasteiger charge is -2.31. The van der Waals surface area contributed by atoms with Crippen LogP contribution in [-0.4, -0.2) is 30.6 Å². The number of hydrogen-bond acceptors (Lipinski definition) is 3. The number of hydrogen-bond donors (Lipinski definition) is 0. The van der Waals surface area contributed by atoms with Crippen LogP contribution in [0.3, 0.4) is 0 Å². The lowest BCUT2D eigenvalue weighted by Crippen LogP contribution is -2.38. The molecule has 1 heterocycles. The highest BCUT2D eigenvalue weighted by atomic mass is 19.4. The van der Waals surface area contributed by atoms with E-state index in [-0.39, 0.29) is 11.9 Å². The van der Waals surface area contributed by atoms with Crippen LogP contribution in [-0.2, 0) is 22.3 Å². The van der Waals surface area contributed by atoms with Crippen LogP contribution in [0.5, 0.6) is 0 Å². The Kier molecular flexibility index (Phi) is 5.45. The van der Waals surface area contributed by atoms with E-state index in [1.165, 1.54) is 12.1 Å². The first-order valence-corrected chi connectivity index (χ1v) is 7.45. The molecule has 0 unspecified atom stereocenters. The molecule has 0 radical (unpaired) electrons. The summed E-state index contributed by atoms with van der Waals surface area (Å²) in [4.78, 5) is 13.8. The molecule has 22 heavy (non-hydrogen) atoms. The third-order valence-electron chi connectivity index (χ3n) is 3.79. The fraction of sp³-hybridized carbons (Fsp3) is 0.562. The van der Waals surface area contributed by atoms with Gasteiger partial charge in [-0.3, -0.25) is 9.69 Å². The Labute approximate surface area is 128 Å². The Bertz CT molecular complexity index is 516. The van der Waals surface area contributed by atoms with Crippen molar-refractivity contribution in [2.24, 2.45) is 5.92 Å². The van der Waals surface area contributed by atoms with Gasteiger partial charge in [0.25, 0.3) is 0 Å². The fourth-order valence-electron chi connectivity index (χ4n) is 2.76. The number of carbonyl (C=O) groups is 1. The number of ether oxygens (including phenoxy) is 1. The highest BCUT2D eigenvalue weighted by Crippen LogP contribution is 2.30. The quantitative estimate of drug-likeness (QED) is 0.797. The van der Waals surface area contributed by atoms with Gasteiger partial charge in [0.1, 0.15) is 0 Å². The molecule has 1 saturated heterocycles. The molecule has 0 aliphatic carbocycles.